The van der Waals surface area contributed by atoms with E-state index in [0.717, 1.165) is 33.8 Å². The molecule has 0 saturated heterocycles. The lowest BCUT2D eigenvalue weighted by Gasteiger charge is -2.43. The van der Waals surface area contributed by atoms with Gasteiger partial charge in [-0.15, -0.1) is 0 Å². The molecule has 2 aliphatic rings. The molecule has 16 heteroatoms. The van der Waals surface area contributed by atoms with Crippen LogP contribution in [0.25, 0.3) is 0 Å². The molecule has 65 heavy (non-hydrogen) atoms. The second-order valence-corrected chi connectivity index (χ2v) is 32.7. The van der Waals surface area contributed by atoms with Crippen molar-refractivity contribution in [1.82, 2.24) is 9.80 Å². The van der Waals surface area contributed by atoms with Gasteiger partial charge in [0.1, 0.15) is 24.1 Å². The normalized spacial score (nSPS) is 18.0. The summed E-state index contributed by atoms with van der Waals surface area (Å²) in [6.45, 7) is 43.2. The van der Waals surface area contributed by atoms with E-state index >= 15 is 9.13 Å². The van der Waals surface area contributed by atoms with Gasteiger partial charge in [0.15, 0.2) is 8.32 Å². The third kappa shape index (κ3) is 17.7. The number of hydrogen-bond donors (Lipinski definition) is 0. The van der Waals surface area contributed by atoms with Crippen LogP contribution in [0.4, 0.5) is 0 Å². The van der Waals surface area contributed by atoms with Gasteiger partial charge >= 0.3 is 15.2 Å². The SMILES string of the molecule is CC(C)(C)OP(=O)(CN(Cc1cccc2c1OC(C)(C)OC2)CC(CO[Si](C)(C)C(C)(C)C)N(Cc1cccc2c1OC(C)(C)OC2)CP(=O)(OC(C)(C)C)OC(C)(C)C)OC(C)(C)C. The molecule has 0 aromatic heterocycles. The maximum absolute atomic E-state index is 15.5. The van der Waals surface area contributed by atoms with Gasteiger partial charge < -0.3 is 41.5 Å². The molecule has 0 N–H and O–H groups in total. The summed E-state index contributed by atoms with van der Waals surface area (Å²) in [5.74, 6) is -0.282. The number of benzene rings is 2. The molecule has 13 nitrogen and oxygen atoms in total. The molecular formula is C49H86N2O11P2Si. The molecule has 2 aromatic rings. The molecule has 0 amide bonds. The Morgan fingerprint density at radius 2 is 1.00 bits per heavy atom. The van der Waals surface area contributed by atoms with E-state index in [1.165, 1.54) is 0 Å². The van der Waals surface area contributed by atoms with Gasteiger partial charge in [-0.25, -0.2) is 0 Å². The first-order valence-corrected chi connectivity index (χ1v) is 29.5. The van der Waals surface area contributed by atoms with Crippen molar-refractivity contribution in [3.8, 4) is 11.5 Å². The maximum Gasteiger partial charge on any atom is 0.345 e. The Kier molecular flexibility index (Phi) is 17.2. The minimum absolute atomic E-state index is 0.0699. The number of ether oxygens (including phenoxy) is 4. The van der Waals surface area contributed by atoms with Gasteiger partial charge in [0.25, 0.3) is 0 Å². The van der Waals surface area contributed by atoms with Crippen molar-refractivity contribution in [2.24, 2.45) is 0 Å². The van der Waals surface area contributed by atoms with E-state index in [9.17, 15) is 0 Å². The molecule has 2 aliphatic heterocycles. The minimum Gasteiger partial charge on any atom is -0.462 e. The minimum atomic E-state index is -3.94. The summed E-state index contributed by atoms with van der Waals surface area (Å²) >= 11 is 0. The van der Waals surface area contributed by atoms with Crippen LogP contribution >= 0.6 is 15.2 Å². The zero-order valence-electron chi connectivity index (χ0n) is 44.0. The summed E-state index contributed by atoms with van der Waals surface area (Å²) in [5, 5.41) is -0.119. The molecule has 0 bridgehead atoms. The second-order valence-electron chi connectivity index (χ2n) is 24.2. The number of para-hydroxylation sites is 2. The van der Waals surface area contributed by atoms with Crippen LogP contribution in [0, 0.1) is 0 Å². The molecular weight excluding hydrogens is 883 g/mol. The zero-order valence-corrected chi connectivity index (χ0v) is 46.8. The molecule has 0 fully saturated rings. The van der Waals surface area contributed by atoms with Crippen LogP contribution in [0.3, 0.4) is 0 Å². The number of rotatable bonds is 18. The highest BCUT2D eigenvalue weighted by Gasteiger charge is 2.44. The predicted molar refractivity (Wildman–Crippen MR) is 263 cm³/mol. The fourth-order valence-corrected chi connectivity index (χ4v) is 13.5. The van der Waals surface area contributed by atoms with E-state index in [2.05, 4.69) is 43.7 Å². The molecule has 1 unspecified atom stereocenters. The van der Waals surface area contributed by atoms with Gasteiger partial charge in [0.2, 0.25) is 11.6 Å². The lowest BCUT2D eigenvalue weighted by Crippen LogP contribution is -2.51. The highest BCUT2D eigenvalue weighted by atomic mass is 31.2. The van der Waals surface area contributed by atoms with Crippen LogP contribution in [-0.2, 0) is 67.4 Å². The quantitative estimate of drug-likeness (QED) is 0.104. The monoisotopic (exact) mass is 969 g/mol. The fourth-order valence-electron chi connectivity index (χ4n) is 7.38. The van der Waals surface area contributed by atoms with Crippen molar-refractivity contribution in [2.75, 3.05) is 25.7 Å². The number of fused-ring (bicyclic) bond motifs is 2. The van der Waals surface area contributed by atoms with Crippen LogP contribution in [0.2, 0.25) is 18.1 Å². The third-order valence-electron chi connectivity index (χ3n) is 10.8. The molecule has 0 aliphatic carbocycles. The van der Waals surface area contributed by atoms with Gasteiger partial charge in [-0.05, 0) is 101 Å². The summed E-state index contributed by atoms with van der Waals surface area (Å²) in [7, 11) is -10.2. The molecule has 0 radical (unpaired) electrons. The van der Waals surface area contributed by atoms with Gasteiger partial charge in [-0.3, -0.25) is 18.9 Å². The Morgan fingerprint density at radius 1 is 0.615 bits per heavy atom. The molecule has 0 saturated carbocycles. The highest BCUT2D eigenvalue weighted by Crippen LogP contribution is 2.57. The fraction of sp³-hybridized carbons (Fsp3) is 0.755. The van der Waals surface area contributed by atoms with Gasteiger partial charge in [0, 0.05) is 75.6 Å². The van der Waals surface area contributed by atoms with Gasteiger partial charge in [-0.1, -0.05) is 57.2 Å². The van der Waals surface area contributed by atoms with E-state index in [0.29, 0.717) is 19.8 Å². The van der Waals surface area contributed by atoms with Crippen molar-refractivity contribution in [3.63, 3.8) is 0 Å². The zero-order chi connectivity index (χ0) is 49.5. The maximum atomic E-state index is 15.5. The topological polar surface area (TPSA) is 124 Å². The molecule has 1 atom stereocenters. The van der Waals surface area contributed by atoms with Crippen molar-refractivity contribution in [2.45, 2.75) is 216 Å². The highest BCUT2D eigenvalue weighted by molar-refractivity contribution is 7.54. The summed E-state index contributed by atoms with van der Waals surface area (Å²) in [6, 6.07) is 11.6. The molecule has 2 aromatic carbocycles. The first-order chi connectivity index (χ1) is 29.2. The second kappa shape index (κ2) is 20.0. The lowest BCUT2D eigenvalue weighted by molar-refractivity contribution is -0.181. The summed E-state index contributed by atoms with van der Waals surface area (Å²) < 4.78 is 89.3. The standard InChI is InChI=1S/C49H86N2O11P2Si/c1-43(2,3)59-63(52,60-44(4,5)6)34-50(28-36-24-22-26-38-31-54-48(16,17)57-41(36)38)30-40(33-56-65(20,21)47(13,14)15)51(35-64(53,61-45(7,8)9)62-46(10,11)12)29-37-25-23-27-39-32-55-49(18,19)58-42(37)39/h22-27,40H,28-35H2,1-21H3. The van der Waals surface area contributed by atoms with Crippen LogP contribution in [-0.4, -0.2) is 83.9 Å². The Morgan fingerprint density at radius 3 is 1.38 bits per heavy atom. The van der Waals surface area contributed by atoms with Gasteiger partial charge in [-0.2, -0.15) is 0 Å². The smallest absolute Gasteiger partial charge is 0.345 e. The first kappa shape index (κ1) is 55.9. The summed E-state index contributed by atoms with van der Waals surface area (Å²) in [4.78, 5) is 4.26. The lowest BCUT2D eigenvalue weighted by atomic mass is 10.1. The largest absolute Gasteiger partial charge is 0.462 e. The van der Waals surface area contributed by atoms with E-state index in [1.807, 2.05) is 147 Å². The van der Waals surface area contributed by atoms with E-state index in [1.54, 1.807) is 0 Å². The van der Waals surface area contributed by atoms with Crippen LogP contribution in [0.1, 0.15) is 154 Å². The third-order valence-corrected chi connectivity index (χ3v) is 20.0. The van der Waals surface area contributed by atoms with Crippen LogP contribution in [0.15, 0.2) is 36.4 Å². The summed E-state index contributed by atoms with van der Waals surface area (Å²) in [6.07, 6.45) is -0.159. The molecule has 2 heterocycles. The number of nitrogens with zero attached hydrogens (tertiary/aromatic N) is 2. The van der Waals surface area contributed by atoms with E-state index in [-0.39, 0.29) is 37.3 Å². The Bertz CT molecular complexity index is 1980. The van der Waals surface area contributed by atoms with Crippen molar-refractivity contribution in [1.29, 1.82) is 0 Å². The first-order valence-electron chi connectivity index (χ1n) is 23.1. The average Bonchev–Trinajstić information content (AvgIpc) is 3.05. The van der Waals surface area contributed by atoms with Crippen LogP contribution < -0.4 is 9.47 Å². The van der Waals surface area contributed by atoms with Crippen LogP contribution in [0.5, 0.6) is 11.5 Å². The molecule has 4 rings (SSSR count). The molecule has 0 spiro atoms. The average molecular weight is 969 g/mol. The van der Waals surface area contributed by atoms with Gasteiger partial charge in [0.05, 0.1) is 42.2 Å². The number of hydrogen-bond acceptors (Lipinski definition) is 13. The van der Waals surface area contributed by atoms with E-state index in [4.69, 9.17) is 41.5 Å². The Hall–Kier alpha value is -1.64. The Balaban J connectivity index is 2.01. The summed E-state index contributed by atoms with van der Waals surface area (Å²) in [5.41, 5.74) is 0.375. The van der Waals surface area contributed by atoms with Crippen molar-refractivity contribution >= 4 is 23.5 Å². The van der Waals surface area contributed by atoms with Crippen molar-refractivity contribution < 1.29 is 50.6 Å². The van der Waals surface area contributed by atoms with Crippen molar-refractivity contribution in [3.05, 3.63) is 58.7 Å². The predicted octanol–water partition coefficient (Wildman–Crippen LogP) is 13.2. The molecule has 372 valence electrons. The van der Waals surface area contributed by atoms with E-state index < -0.39 is 63.5 Å². The Labute approximate surface area is 394 Å².